The van der Waals surface area contributed by atoms with Crippen molar-refractivity contribution in [2.45, 2.75) is 13.0 Å². The van der Waals surface area contributed by atoms with Crippen LogP contribution in [0.1, 0.15) is 13.0 Å². The van der Waals surface area contributed by atoms with E-state index in [1.807, 2.05) is 0 Å². The lowest BCUT2D eigenvalue weighted by molar-refractivity contribution is 0.159. The summed E-state index contributed by atoms with van der Waals surface area (Å²) in [4.78, 5) is 27.1. The SMILES string of the molecule is COCC(C)n1c(=O)[nH]c(Cl)c(-c2ccc(Br)cc2)c1=O. The fourth-order valence-corrected chi connectivity index (χ4v) is 2.64. The van der Waals surface area contributed by atoms with Crippen molar-refractivity contribution < 1.29 is 4.74 Å². The quantitative estimate of drug-likeness (QED) is 0.838. The second-order valence-corrected chi connectivity index (χ2v) is 5.90. The average molecular weight is 374 g/mol. The summed E-state index contributed by atoms with van der Waals surface area (Å²) in [5, 5.41) is 0.0354. The molecule has 1 atom stereocenters. The molecule has 1 N–H and O–H groups in total. The van der Waals surface area contributed by atoms with Crippen molar-refractivity contribution in [1.82, 2.24) is 9.55 Å². The van der Waals surface area contributed by atoms with Crippen LogP contribution in [0, 0.1) is 0 Å². The molecule has 0 fully saturated rings. The van der Waals surface area contributed by atoms with Gasteiger partial charge in [-0.05, 0) is 24.6 Å². The van der Waals surface area contributed by atoms with Crippen LogP contribution < -0.4 is 11.2 Å². The zero-order chi connectivity index (χ0) is 15.6. The number of benzene rings is 1. The van der Waals surface area contributed by atoms with Gasteiger partial charge in [-0.2, -0.15) is 0 Å². The van der Waals surface area contributed by atoms with Crippen molar-refractivity contribution >= 4 is 27.5 Å². The van der Waals surface area contributed by atoms with E-state index >= 15 is 0 Å². The molecule has 0 aliphatic rings. The van der Waals surface area contributed by atoms with Gasteiger partial charge >= 0.3 is 5.69 Å². The van der Waals surface area contributed by atoms with Crippen LogP contribution in [0.15, 0.2) is 38.3 Å². The molecule has 0 amide bonds. The largest absolute Gasteiger partial charge is 0.383 e. The molecule has 21 heavy (non-hydrogen) atoms. The summed E-state index contributed by atoms with van der Waals surface area (Å²) >= 11 is 9.39. The molecule has 1 unspecified atom stereocenters. The highest BCUT2D eigenvalue weighted by atomic mass is 79.9. The first-order valence-electron chi connectivity index (χ1n) is 6.25. The molecule has 2 rings (SSSR count). The third-order valence-corrected chi connectivity index (χ3v) is 3.88. The number of ether oxygens (including phenoxy) is 1. The fraction of sp³-hybridized carbons (Fsp3) is 0.286. The van der Waals surface area contributed by atoms with Crippen LogP contribution in [0.25, 0.3) is 11.1 Å². The van der Waals surface area contributed by atoms with E-state index in [1.165, 1.54) is 7.11 Å². The number of halogens is 2. The Morgan fingerprint density at radius 2 is 1.95 bits per heavy atom. The second kappa shape index (κ2) is 6.60. The van der Waals surface area contributed by atoms with Gasteiger partial charge in [-0.15, -0.1) is 0 Å². The number of H-pyrrole nitrogens is 1. The van der Waals surface area contributed by atoms with E-state index in [0.29, 0.717) is 5.56 Å². The first kappa shape index (κ1) is 16.0. The Kier molecular flexibility index (Phi) is 5.03. The Labute approximate surface area is 134 Å². The lowest BCUT2D eigenvalue weighted by atomic mass is 10.1. The summed E-state index contributed by atoms with van der Waals surface area (Å²) in [5.74, 6) is 0. The van der Waals surface area contributed by atoms with Gasteiger partial charge in [0.15, 0.2) is 0 Å². The van der Waals surface area contributed by atoms with Gasteiger partial charge in [0.05, 0.1) is 18.2 Å². The van der Waals surface area contributed by atoms with Gasteiger partial charge < -0.3 is 4.74 Å². The van der Waals surface area contributed by atoms with Crippen molar-refractivity contribution in [1.29, 1.82) is 0 Å². The van der Waals surface area contributed by atoms with Crippen molar-refractivity contribution in [2.75, 3.05) is 13.7 Å². The summed E-state index contributed by atoms with van der Waals surface area (Å²) in [6.45, 7) is 1.99. The molecule has 5 nitrogen and oxygen atoms in total. The molecule has 0 radical (unpaired) electrons. The number of aromatic nitrogens is 2. The third-order valence-electron chi connectivity index (χ3n) is 3.07. The first-order chi connectivity index (χ1) is 9.95. The van der Waals surface area contributed by atoms with Crippen LogP contribution in [-0.4, -0.2) is 23.3 Å². The second-order valence-electron chi connectivity index (χ2n) is 4.61. The topological polar surface area (TPSA) is 64.1 Å². The van der Waals surface area contributed by atoms with Crippen LogP contribution in [0.4, 0.5) is 0 Å². The van der Waals surface area contributed by atoms with Gasteiger partial charge in [-0.3, -0.25) is 14.3 Å². The summed E-state index contributed by atoms with van der Waals surface area (Å²) in [5.41, 5.74) is -0.0689. The van der Waals surface area contributed by atoms with E-state index < -0.39 is 17.3 Å². The Morgan fingerprint density at radius 3 is 2.52 bits per heavy atom. The highest BCUT2D eigenvalue weighted by Gasteiger charge is 2.18. The number of aromatic amines is 1. The Balaban J connectivity index is 2.67. The Bertz CT molecular complexity index is 752. The molecule has 1 aromatic carbocycles. The van der Waals surface area contributed by atoms with Gasteiger partial charge in [0.2, 0.25) is 0 Å². The molecule has 112 valence electrons. The predicted octanol–water partition coefficient (Wildman–Crippen LogP) is 2.83. The monoisotopic (exact) mass is 372 g/mol. The average Bonchev–Trinajstić information content (AvgIpc) is 2.40. The van der Waals surface area contributed by atoms with Crippen LogP contribution in [0.2, 0.25) is 5.15 Å². The van der Waals surface area contributed by atoms with E-state index in [9.17, 15) is 9.59 Å². The maximum Gasteiger partial charge on any atom is 0.329 e. The molecule has 0 aliphatic heterocycles. The van der Waals surface area contributed by atoms with Gasteiger partial charge in [0.1, 0.15) is 5.15 Å². The minimum Gasteiger partial charge on any atom is -0.383 e. The number of nitrogens with one attached hydrogen (secondary N) is 1. The third kappa shape index (κ3) is 3.28. The van der Waals surface area contributed by atoms with Crippen molar-refractivity contribution in [3.63, 3.8) is 0 Å². The van der Waals surface area contributed by atoms with Gasteiger partial charge in [0.25, 0.3) is 5.56 Å². The fourth-order valence-electron chi connectivity index (χ4n) is 2.11. The summed E-state index contributed by atoms with van der Waals surface area (Å²) in [6.07, 6.45) is 0. The molecule has 0 saturated heterocycles. The van der Waals surface area contributed by atoms with E-state index in [2.05, 4.69) is 20.9 Å². The van der Waals surface area contributed by atoms with E-state index in [1.54, 1.807) is 31.2 Å². The lowest BCUT2D eigenvalue weighted by Gasteiger charge is -2.15. The normalized spacial score (nSPS) is 12.4. The lowest BCUT2D eigenvalue weighted by Crippen LogP contribution is -2.39. The van der Waals surface area contributed by atoms with Crippen molar-refractivity contribution in [3.05, 3.63) is 54.7 Å². The maximum atomic E-state index is 12.6. The summed E-state index contributed by atoms with van der Waals surface area (Å²) in [7, 11) is 1.52. The molecule has 0 spiro atoms. The minimum atomic E-state index is -0.546. The van der Waals surface area contributed by atoms with Crippen molar-refractivity contribution in [3.8, 4) is 11.1 Å². The highest BCUT2D eigenvalue weighted by Crippen LogP contribution is 2.23. The molecule has 0 bridgehead atoms. The number of rotatable bonds is 4. The zero-order valence-electron chi connectivity index (χ0n) is 11.5. The molecule has 0 aliphatic carbocycles. The van der Waals surface area contributed by atoms with Gasteiger partial charge in [-0.25, -0.2) is 4.79 Å². The van der Waals surface area contributed by atoms with Crippen LogP contribution in [0.5, 0.6) is 0 Å². The molecule has 1 heterocycles. The molecule has 2 aromatic rings. The summed E-state index contributed by atoms with van der Waals surface area (Å²) in [6, 6.07) is 6.74. The number of nitrogens with zero attached hydrogens (tertiary/aromatic N) is 1. The van der Waals surface area contributed by atoms with E-state index in [-0.39, 0.29) is 17.3 Å². The zero-order valence-corrected chi connectivity index (χ0v) is 13.9. The molecule has 1 aromatic heterocycles. The Hall–Kier alpha value is -1.37. The predicted molar refractivity (Wildman–Crippen MR) is 86.1 cm³/mol. The highest BCUT2D eigenvalue weighted by molar-refractivity contribution is 9.10. The van der Waals surface area contributed by atoms with Crippen LogP contribution >= 0.6 is 27.5 Å². The molecular formula is C14H14BrClN2O3. The number of methoxy groups -OCH3 is 1. The Morgan fingerprint density at radius 1 is 1.33 bits per heavy atom. The van der Waals surface area contributed by atoms with E-state index in [0.717, 1.165) is 9.04 Å². The number of hydrogen-bond donors (Lipinski definition) is 1. The maximum absolute atomic E-state index is 12.6. The molecular weight excluding hydrogens is 360 g/mol. The van der Waals surface area contributed by atoms with Crippen LogP contribution in [-0.2, 0) is 4.74 Å². The van der Waals surface area contributed by atoms with E-state index in [4.69, 9.17) is 16.3 Å². The summed E-state index contributed by atoms with van der Waals surface area (Å²) < 4.78 is 7.01. The standard InChI is InChI=1S/C14H14BrClN2O3/c1-8(7-21-2)18-13(19)11(12(16)17-14(18)20)9-3-5-10(15)6-4-9/h3-6,8H,7H2,1-2H3,(H,17,20). The number of hydrogen-bond acceptors (Lipinski definition) is 3. The molecule has 0 saturated carbocycles. The van der Waals surface area contributed by atoms with Crippen LogP contribution in [0.3, 0.4) is 0 Å². The van der Waals surface area contributed by atoms with Crippen molar-refractivity contribution in [2.24, 2.45) is 0 Å². The van der Waals surface area contributed by atoms with Gasteiger partial charge in [0, 0.05) is 11.6 Å². The molecule has 7 heteroatoms. The first-order valence-corrected chi connectivity index (χ1v) is 7.42. The smallest absolute Gasteiger partial charge is 0.329 e. The minimum absolute atomic E-state index is 0.0354. The van der Waals surface area contributed by atoms with Gasteiger partial charge in [-0.1, -0.05) is 39.7 Å².